The lowest BCUT2D eigenvalue weighted by Gasteiger charge is -2.21. The largest absolute Gasteiger partial charge is 0.508 e. The van der Waals surface area contributed by atoms with Gasteiger partial charge in [0.1, 0.15) is 11.6 Å². The van der Waals surface area contributed by atoms with Crippen molar-refractivity contribution >= 4 is 23.3 Å². The number of benzene rings is 2. The van der Waals surface area contributed by atoms with E-state index >= 15 is 0 Å². The fraction of sp³-hybridized carbons (Fsp3) is 0.176. The summed E-state index contributed by atoms with van der Waals surface area (Å²) in [6.45, 7) is 0. The van der Waals surface area contributed by atoms with E-state index in [1.165, 1.54) is 12.1 Å². The predicted molar refractivity (Wildman–Crippen MR) is 91.6 cm³/mol. The third kappa shape index (κ3) is 2.88. The Morgan fingerprint density at radius 1 is 0.917 bits per heavy atom. The van der Waals surface area contributed by atoms with Crippen molar-refractivity contribution in [2.45, 2.75) is 0 Å². The van der Waals surface area contributed by atoms with E-state index in [0.29, 0.717) is 11.9 Å². The van der Waals surface area contributed by atoms with Gasteiger partial charge in [0.25, 0.3) is 0 Å². The van der Waals surface area contributed by atoms with Crippen LogP contribution >= 0.6 is 0 Å². The van der Waals surface area contributed by atoms with Crippen molar-refractivity contribution in [2.75, 3.05) is 23.9 Å². The Kier molecular flexibility index (Phi) is 4.07. The molecule has 0 aliphatic rings. The number of aromatic hydroxyl groups is 1. The fourth-order valence-corrected chi connectivity index (χ4v) is 2.49. The van der Waals surface area contributed by atoms with Crippen molar-refractivity contribution < 1.29 is 9.50 Å². The van der Waals surface area contributed by atoms with Crippen LogP contribution < -0.4 is 9.80 Å². The average Bonchev–Trinajstić information content (AvgIpc) is 2.96. The number of phenols is 1. The average molecular weight is 327 g/mol. The molecule has 0 aliphatic carbocycles. The first-order valence-corrected chi connectivity index (χ1v) is 7.39. The fourth-order valence-electron chi connectivity index (χ4n) is 2.49. The zero-order valence-corrected chi connectivity index (χ0v) is 13.7. The standard InChI is InChI=1S/C17H18FN5O/c1-21(13-9-7-12(18)8-10-13)16-19-20-17(23(16)3)22(2)14-5-4-6-15(24)11-14/h4-11,24H,1-3H3. The maximum absolute atomic E-state index is 13.1. The molecule has 2 aromatic carbocycles. The summed E-state index contributed by atoms with van der Waals surface area (Å²) in [5, 5.41) is 18.1. The molecule has 1 aromatic heterocycles. The van der Waals surface area contributed by atoms with Crippen LogP contribution in [0.15, 0.2) is 48.5 Å². The number of phenolic OH excluding ortho intramolecular Hbond substituents is 1. The number of hydrogen-bond donors (Lipinski definition) is 1. The minimum Gasteiger partial charge on any atom is -0.508 e. The number of rotatable bonds is 4. The van der Waals surface area contributed by atoms with Gasteiger partial charge in [0.2, 0.25) is 11.9 Å². The lowest BCUT2D eigenvalue weighted by molar-refractivity contribution is 0.475. The molecule has 0 aliphatic heterocycles. The van der Waals surface area contributed by atoms with Crippen LogP contribution in [0.2, 0.25) is 0 Å². The Bertz CT molecular complexity index is 846. The molecule has 0 spiro atoms. The SMILES string of the molecule is CN(c1ccc(F)cc1)c1nnc(N(C)c2cccc(O)c2)n1C. The minimum atomic E-state index is -0.283. The maximum atomic E-state index is 13.1. The number of halogens is 1. The van der Waals surface area contributed by atoms with Crippen LogP contribution in [-0.4, -0.2) is 34.0 Å². The molecule has 7 heteroatoms. The Morgan fingerprint density at radius 3 is 2.08 bits per heavy atom. The lowest BCUT2D eigenvalue weighted by Crippen LogP contribution is -2.18. The Balaban J connectivity index is 1.92. The molecule has 0 bridgehead atoms. The molecule has 1 N–H and O–H groups in total. The number of aromatic nitrogens is 3. The van der Waals surface area contributed by atoms with Crippen LogP contribution in [0.1, 0.15) is 0 Å². The highest BCUT2D eigenvalue weighted by molar-refractivity contribution is 5.62. The van der Waals surface area contributed by atoms with Gasteiger partial charge < -0.3 is 14.9 Å². The molecular weight excluding hydrogens is 309 g/mol. The highest BCUT2D eigenvalue weighted by Gasteiger charge is 2.18. The third-order valence-electron chi connectivity index (χ3n) is 3.86. The van der Waals surface area contributed by atoms with Crippen molar-refractivity contribution in [1.29, 1.82) is 0 Å². The number of hydrogen-bond acceptors (Lipinski definition) is 5. The van der Waals surface area contributed by atoms with E-state index in [-0.39, 0.29) is 11.6 Å². The monoisotopic (exact) mass is 327 g/mol. The zero-order chi connectivity index (χ0) is 17.3. The van der Waals surface area contributed by atoms with Gasteiger partial charge in [-0.15, -0.1) is 10.2 Å². The number of nitrogens with zero attached hydrogens (tertiary/aromatic N) is 5. The summed E-state index contributed by atoms with van der Waals surface area (Å²) < 4.78 is 14.9. The van der Waals surface area contributed by atoms with Crippen LogP contribution in [0.25, 0.3) is 0 Å². The summed E-state index contributed by atoms with van der Waals surface area (Å²) in [4.78, 5) is 3.65. The molecule has 0 radical (unpaired) electrons. The normalized spacial score (nSPS) is 10.7. The zero-order valence-electron chi connectivity index (χ0n) is 13.7. The Labute approximate surface area is 139 Å². The minimum absolute atomic E-state index is 0.185. The van der Waals surface area contributed by atoms with Gasteiger partial charge >= 0.3 is 0 Å². The molecule has 6 nitrogen and oxygen atoms in total. The summed E-state index contributed by atoms with van der Waals surface area (Å²) in [6.07, 6.45) is 0. The van der Waals surface area contributed by atoms with Crippen molar-refractivity contribution in [3.8, 4) is 5.75 Å². The van der Waals surface area contributed by atoms with E-state index in [1.807, 2.05) is 41.6 Å². The summed E-state index contributed by atoms with van der Waals surface area (Å²) >= 11 is 0. The van der Waals surface area contributed by atoms with Crippen molar-refractivity contribution in [2.24, 2.45) is 7.05 Å². The van der Waals surface area contributed by atoms with Gasteiger partial charge in [0, 0.05) is 38.6 Å². The molecule has 0 unspecified atom stereocenters. The van der Waals surface area contributed by atoms with Crippen molar-refractivity contribution in [3.05, 3.63) is 54.3 Å². The van der Waals surface area contributed by atoms with Crippen molar-refractivity contribution in [1.82, 2.24) is 14.8 Å². The topological polar surface area (TPSA) is 57.4 Å². The number of anilines is 4. The van der Waals surface area contributed by atoms with Gasteiger partial charge in [-0.2, -0.15) is 0 Å². The molecule has 3 rings (SSSR count). The van der Waals surface area contributed by atoms with Crippen LogP contribution in [0.3, 0.4) is 0 Å². The smallest absolute Gasteiger partial charge is 0.232 e. The molecule has 0 fully saturated rings. The van der Waals surface area contributed by atoms with E-state index in [2.05, 4.69) is 10.2 Å². The summed E-state index contributed by atoms with van der Waals surface area (Å²) in [7, 11) is 5.54. The van der Waals surface area contributed by atoms with Crippen LogP contribution in [-0.2, 0) is 7.05 Å². The van der Waals surface area contributed by atoms with Gasteiger partial charge in [-0.05, 0) is 36.4 Å². The Morgan fingerprint density at radius 2 is 1.50 bits per heavy atom. The molecule has 24 heavy (non-hydrogen) atoms. The molecule has 124 valence electrons. The predicted octanol–water partition coefficient (Wildman–Crippen LogP) is 3.20. The summed E-state index contributed by atoms with van der Waals surface area (Å²) in [5.74, 6) is 1.13. The summed E-state index contributed by atoms with van der Waals surface area (Å²) in [6, 6.07) is 13.1. The second-order valence-corrected chi connectivity index (χ2v) is 5.47. The molecule has 3 aromatic rings. The van der Waals surface area contributed by atoms with E-state index in [9.17, 15) is 9.50 Å². The van der Waals surface area contributed by atoms with E-state index < -0.39 is 0 Å². The van der Waals surface area contributed by atoms with E-state index in [0.717, 1.165) is 11.4 Å². The first-order valence-electron chi connectivity index (χ1n) is 7.39. The Hall–Kier alpha value is -3.09. The molecule has 0 saturated carbocycles. The summed E-state index contributed by atoms with van der Waals surface area (Å²) in [5.41, 5.74) is 1.60. The van der Waals surface area contributed by atoms with Crippen LogP contribution in [0.4, 0.5) is 27.7 Å². The second-order valence-electron chi connectivity index (χ2n) is 5.47. The highest BCUT2D eigenvalue weighted by Crippen LogP contribution is 2.28. The third-order valence-corrected chi connectivity index (χ3v) is 3.86. The van der Waals surface area contributed by atoms with Gasteiger partial charge in [-0.25, -0.2) is 4.39 Å². The van der Waals surface area contributed by atoms with Crippen LogP contribution in [0, 0.1) is 5.82 Å². The maximum Gasteiger partial charge on any atom is 0.232 e. The van der Waals surface area contributed by atoms with Gasteiger partial charge in [0.15, 0.2) is 0 Å². The molecule has 0 amide bonds. The van der Waals surface area contributed by atoms with Gasteiger partial charge in [-0.1, -0.05) is 6.07 Å². The highest BCUT2D eigenvalue weighted by atomic mass is 19.1. The first-order chi connectivity index (χ1) is 11.5. The molecule has 0 saturated heterocycles. The van der Waals surface area contributed by atoms with Crippen LogP contribution in [0.5, 0.6) is 5.75 Å². The van der Waals surface area contributed by atoms with E-state index in [4.69, 9.17) is 0 Å². The molecule has 1 heterocycles. The van der Waals surface area contributed by atoms with Gasteiger partial charge in [0.05, 0.1) is 0 Å². The van der Waals surface area contributed by atoms with Gasteiger partial charge in [-0.3, -0.25) is 4.57 Å². The molecule has 0 atom stereocenters. The van der Waals surface area contributed by atoms with E-state index in [1.54, 1.807) is 30.3 Å². The quantitative estimate of drug-likeness (QED) is 0.797. The lowest BCUT2D eigenvalue weighted by atomic mass is 10.3. The molecular formula is C17H18FN5O. The van der Waals surface area contributed by atoms with Crippen molar-refractivity contribution in [3.63, 3.8) is 0 Å². The first kappa shape index (κ1) is 15.8. The second kappa shape index (κ2) is 6.19.